The number of hydrogen-bond acceptors (Lipinski definition) is 3. The maximum atomic E-state index is 13.7. The number of aromatic nitrogens is 2. The Bertz CT molecular complexity index is 892. The van der Waals surface area contributed by atoms with Crippen molar-refractivity contribution in [2.24, 2.45) is 0 Å². The molecule has 2 aromatic carbocycles. The SMILES string of the molecule is [O-][n+]1cnc(Nc2ccc(F)c(Cl)c2)c2cc(F)c(Br)cc21. The van der Waals surface area contributed by atoms with Crippen molar-refractivity contribution in [2.75, 3.05) is 5.32 Å². The third kappa shape index (κ3) is 2.69. The fourth-order valence-electron chi connectivity index (χ4n) is 1.96. The highest BCUT2D eigenvalue weighted by Gasteiger charge is 2.15. The van der Waals surface area contributed by atoms with Crippen LogP contribution < -0.4 is 10.0 Å². The van der Waals surface area contributed by atoms with Crippen LogP contribution in [-0.2, 0) is 0 Å². The number of benzene rings is 2. The number of halogens is 4. The van der Waals surface area contributed by atoms with E-state index in [1.807, 2.05) is 0 Å². The molecule has 112 valence electrons. The third-order valence-corrected chi connectivity index (χ3v) is 3.90. The van der Waals surface area contributed by atoms with Crippen molar-refractivity contribution in [1.82, 2.24) is 4.98 Å². The molecule has 0 fully saturated rings. The van der Waals surface area contributed by atoms with Crippen LogP contribution in [0.1, 0.15) is 0 Å². The minimum absolute atomic E-state index is 0.0574. The summed E-state index contributed by atoms with van der Waals surface area (Å²) in [5.74, 6) is -0.817. The molecule has 0 aliphatic rings. The zero-order valence-electron chi connectivity index (χ0n) is 10.8. The Labute approximate surface area is 137 Å². The lowest BCUT2D eigenvalue weighted by molar-refractivity contribution is -0.580. The first-order valence-corrected chi connectivity index (χ1v) is 7.22. The molecule has 0 aliphatic heterocycles. The van der Waals surface area contributed by atoms with E-state index in [1.165, 1.54) is 30.3 Å². The smallest absolute Gasteiger partial charge is 0.292 e. The van der Waals surface area contributed by atoms with Crippen LogP contribution in [0.25, 0.3) is 10.9 Å². The fraction of sp³-hybridized carbons (Fsp3) is 0. The van der Waals surface area contributed by atoms with Crippen LogP contribution in [0.4, 0.5) is 20.3 Å². The lowest BCUT2D eigenvalue weighted by Crippen LogP contribution is -2.27. The highest BCUT2D eigenvalue weighted by Crippen LogP contribution is 2.28. The largest absolute Gasteiger partial charge is 0.710 e. The molecule has 3 rings (SSSR count). The van der Waals surface area contributed by atoms with Gasteiger partial charge in [-0.1, -0.05) is 11.6 Å². The standard InChI is InChI=1S/C14H7BrClF2N3O/c15-9-5-13-8(4-12(9)18)14(19-6-21(13)22)20-7-1-2-11(17)10(16)3-7/h1-6H,(H,19,20). The molecule has 22 heavy (non-hydrogen) atoms. The average molecular weight is 387 g/mol. The van der Waals surface area contributed by atoms with E-state index in [4.69, 9.17) is 11.6 Å². The van der Waals surface area contributed by atoms with E-state index in [0.29, 0.717) is 15.8 Å². The summed E-state index contributed by atoms with van der Waals surface area (Å²) in [6.45, 7) is 0. The molecule has 0 saturated carbocycles. The van der Waals surface area contributed by atoms with Gasteiger partial charge in [0.25, 0.3) is 12.1 Å². The number of rotatable bonds is 2. The minimum Gasteiger partial charge on any atom is -0.710 e. The summed E-state index contributed by atoms with van der Waals surface area (Å²) in [6.07, 6.45) is 1.06. The predicted octanol–water partition coefficient (Wildman–Crippen LogP) is 4.31. The van der Waals surface area contributed by atoms with Gasteiger partial charge in [0, 0.05) is 11.8 Å². The van der Waals surface area contributed by atoms with Crippen molar-refractivity contribution in [2.45, 2.75) is 0 Å². The Kier molecular flexibility index (Phi) is 3.84. The van der Waals surface area contributed by atoms with Crippen LogP contribution in [0.2, 0.25) is 5.02 Å². The Morgan fingerprint density at radius 2 is 1.95 bits per heavy atom. The summed E-state index contributed by atoms with van der Waals surface area (Å²) < 4.78 is 27.6. The van der Waals surface area contributed by atoms with Gasteiger partial charge in [0.1, 0.15) is 17.2 Å². The summed E-state index contributed by atoms with van der Waals surface area (Å²) in [5, 5.41) is 14.9. The Morgan fingerprint density at radius 1 is 1.18 bits per heavy atom. The van der Waals surface area contributed by atoms with Crippen molar-refractivity contribution >= 4 is 49.9 Å². The van der Waals surface area contributed by atoms with Gasteiger partial charge in [0.2, 0.25) is 0 Å². The molecule has 8 heteroatoms. The Hall–Kier alpha value is -1.99. The van der Waals surface area contributed by atoms with Crippen LogP contribution >= 0.6 is 27.5 Å². The molecule has 1 N–H and O–H groups in total. The molecule has 1 aromatic heterocycles. The maximum Gasteiger partial charge on any atom is 0.292 e. The third-order valence-electron chi connectivity index (χ3n) is 3.01. The van der Waals surface area contributed by atoms with Gasteiger partial charge in [-0.25, -0.2) is 13.5 Å². The van der Waals surface area contributed by atoms with E-state index in [9.17, 15) is 14.0 Å². The molecule has 0 saturated heterocycles. The van der Waals surface area contributed by atoms with Crippen molar-refractivity contribution in [3.63, 3.8) is 0 Å². The Balaban J connectivity index is 2.12. The number of nitrogens with zero attached hydrogens (tertiary/aromatic N) is 2. The quantitative estimate of drug-likeness (QED) is 0.527. The monoisotopic (exact) mass is 385 g/mol. The van der Waals surface area contributed by atoms with E-state index in [0.717, 1.165) is 6.33 Å². The van der Waals surface area contributed by atoms with Crippen LogP contribution in [0.5, 0.6) is 0 Å². The van der Waals surface area contributed by atoms with Crippen LogP contribution in [-0.4, -0.2) is 4.98 Å². The lowest BCUT2D eigenvalue weighted by Gasteiger charge is -2.09. The van der Waals surface area contributed by atoms with Gasteiger partial charge in [-0.2, -0.15) is 0 Å². The normalized spacial score (nSPS) is 10.9. The second-order valence-electron chi connectivity index (χ2n) is 4.46. The molecular weight excluding hydrogens is 380 g/mol. The van der Waals surface area contributed by atoms with E-state index in [1.54, 1.807) is 0 Å². The van der Waals surface area contributed by atoms with Gasteiger partial charge in [-0.3, -0.25) is 0 Å². The van der Waals surface area contributed by atoms with Crippen molar-refractivity contribution in [1.29, 1.82) is 0 Å². The molecule has 0 atom stereocenters. The van der Waals surface area contributed by atoms with Crippen molar-refractivity contribution < 1.29 is 13.5 Å². The second kappa shape index (κ2) is 5.66. The maximum absolute atomic E-state index is 13.7. The van der Waals surface area contributed by atoms with Gasteiger partial charge in [-0.15, -0.1) is 0 Å². The van der Waals surface area contributed by atoms with Gasteiger partial charge >= 0.3 is 0 Å². The first-order valence-electron chi connectivity index (χ1n) is 6.04. The van der Waals surface area contributed by atoms with Crippen LogP contribution in [0.3, 0.4) is 0 Å². The highest BCUT2D eigenvalue weighted by atomic mass is 79.9. The highest BCUT2D eigenvalue weighted by molar-refractivity contribution is 9.10. The van der Waals surface area contributed by atoms with E-state index < -0.39 is 11.6 Å². The first kappa shape index (κ1) is 14.9. The van der Waals surface area contributed by atoms with E-state index in [-0.39, 0.29) is 20.8 Å². The van der Waals surface area contributed by atoms with Crippen LogP contribution in [0.15, 0.2) is 41.1 Å². The molecule has 3 aromatic rings. The summed E-state index contributed by atoms with van der Waals surface area (Å²) >= 11 is 8.75. The van der Waals surface area contributed by atoms with Crippen molar-refractivity contribution in [3.05, 3.63) is 63.0 Å². The fourth-order valence-corrected chi connectivity index (χ4v) is 2.47. The van der Waals surface area contributed by atoms with E-state index in [2.05, 4.69) is 26.2 Å². The minimum atomic E-state index is -0.550. The van der Waals surface area contributed by atoms with Gasteiger partial charge in [0.05, 0.1) is 14.9 Å². The summed E-state index contributed by atoms with van der Waals surface area (Å²) in [5.41, 5.74) is 0.700. The first-order chi connectivity index (χ1) is 10.5. The summed E-state index contributed by atoms with van der Waals surface area (Å²) in [4.78, 5) is 3.95. The zero-order chi connectivity index (χ0) is 15.9. The summed E-state index contributed by atoms with van der Waals surface area (Å²) in [7, 11) is 0. The number of fused-ring (bicyclic) bond motifs is 1. The predicted molar refractivity (Wildman–Crippen MR) is 83.1 cm³/mol. The molecule has 0 aliphatic carbocycles. The van der Waals surface area contributed by atoms with Gasteiger partial charge in [-0.05, 0) is 45.2 Å². The molecule has 0 bridgehead atoms. The van der Waals surface area contributed by atoms with Crippen LogP contribution in [0, 0.1) is 16.8 Å². The molecule has 0 spiro atoms. The average Bonchev–Trinajstić information content (AvgIpc) is 2.48. The van der Waals surface area contributed by atoms with Gasteiger partial charge < -0.3 is 10.5 Å². The number of nitrogens with one attached hydrogen (secondary N) is 1. The number of anilines is 2. The zero-order valence-corrected chi connectivity index (χ0v) is 13.1. The molecule has 0 unspecified atom stereocenters. The molecule has 0 amide bonds. The van der Waals surface area contributed by atoms with E-state index >= 15 is 0 Å². The van der Waals surface area contributed by atoms with Crippen molar-refractivity contribution in [3.8, 4) is 0 Å². The Morgan fingerprint density at radius 3 is 2.68 bits per heavy atom. The van der Waals surface area contributed by atoms with Gasteiger partial charge in [0.15, 0.2) is 0 Å². The number of hydrogen-bond donors (Lipinski definition) is 1. The second-order valence-corrected chi connectivity index (χ2v) is 5.72. The summed E-state index contributed by atoms with van der Waals surface area (Å²) in [6, 6.07) is 6.58. The lowest BCUT2D eigenvalue weighted by atomic mass is 10.2. The molecule has 0 radical (unpaired) electrons. The molecular formula is C14H7BrClF2N3O. The molecule has 4 nitrogen and oxygen atoms in total. The topological polar surface area (TPSA) is 51.9 Å². The molecule has 1 heterocycles.